The lowest BCUT2D eigenvalue weighted by molar-refractivity contribution is -0.117. The summed E-state index contributed by atoms with van der Waals surface area (Å²) in [4.78, 5) is 40.0. The van der Waals surface area contributed by atoms with Crippen molar-refractivity contribution in [3.63, 3.8) is 0 Å². The summed E-state index contributed by atoms with van der Waals surface area (Å²) in [5.41, 5.74) is 1.89. The van der Waals surface area contributed by atoms with Crippen LogP contribution in [0.4, 0.5) is 4.79 Å². The standard InChI is InChI=1S/C12H13N3O2.C2H5NOS/c16-9-7-8(13-1-2-13)12(17)11(15-5-6-15)10(9)14-3-4-14;1-3-2(4)5/h7H,1-6H2;1H3,(H2,3,4,5). The third-order valence-electron chi connectivity index (χ3n) is 3.70. The molecule has 0 bridgehead atoms. The maximum absolute atomic E-state index is 12.4. The van der Waals surface area contributed by atoms with Gasteiger partial charge in [-0.25, -0.2) is 0 Å². The largest absolute Gasteiger partial charge is 0.365 e. The Hall–Kier alpha value is -1.96. The Labute approximate surface area is 134 Å². The van der Waals surface area contributed by atoms with Crippen LogP contribution in [0.3, 0.4) is 0 Å². The van der Waals surface area contributed by atoms with Crippen molar-refractivity contribution >= 4 is 29.4 Å². The number of hydrogen-bond donors (Lipinski definition) is 2. The van der Waals surface area contributed by atoms with E-state index >= 15 is 0 Å². The van der Waals surface area contributed by atoms with E-state index in [1.807, 2.05) is 14.7 Å². The van der Waals surface area contributed by atoms with Crippen molar-refractivity contribution in [2.75, 3.05) is 46.3 Å². The molecule has 0 spiro atoms. The third-order valence-corrected chi connectivity index (χ3v) is 3.93. The number of thiol groups is 1. The Balaban J connectivity index is 0.000000254. The average Bonchev–Trinajstić information content (AvgIpc) is 3.34. The van der Waals surface area contributed by atoms with Gasteiger partial charge in [-0.15, -0.1) is 0 Å². The van der Waals surface area contributed by atoms with Crippen molar-refractivity contribution in [1.29, 1.82) is 0 Å². The van der Waals surface area contributed by atoms with Crippen LogP contribution >= 0.6 is 12.6 Å². The second-order valence-corrected chi connectivity index (χ2v) is 5.84. The molecule has 1 aliphatic carbocycles. The molecule has 8 heteroatoms. The van der Waals surface area contributed by atoms with Gasteiger partial charge in [-0.05, 0) is 0 Å². The van der Waals surface area contributed by atoms with Crippen molar-refractivity contribution in [2.24, 2.45) is 0 Å². The summed E-state index contributed by atoms with van der Waals surface area (Å²) in [6.45, 7) is 5.41. The first-order valence-electron chi connectivity index (χ1n) is 7.23. The van der Waals surface area contributed by atoms with Crippen LogP contribution in [0.5, 0.6) is 0 Å². The zero-order valence-electron chi connectivity index (χ0n) is 12.3. The number of allylic oxidation sites excluding steroid dienone is 1. The van der Waals surface area contributed by atoms with Gasteiger partial charge in [-0.2, -0.15) is 0 Å². The van der Waals surface area contributed by atoms with Gasteiger partial charge in [0.1, 0.15) is 11.4 Å². The Bertz CT molecular complexity index is 601. The summed E-state index contributed by atoms with van der Waals surface area (Å²) >= 11 is 3.35. The fourth-order valence-electron chi connectivity index (χ4n) is 2.28. The van der Waals surface area contributed by atoms with Gasteiger partial charge in [0.25, 0.3) is 5.24 Å². The van der Waals surface area contributed by atoms with E-state index in [1.165, 1.54) is 13.1 Å². The molecule has 3 fully saturated rings. The molecule has 4 aliphatic rings. The normalized spacial score (nSPS) is 22.1. The summed E-state index contributed by atoms with van der Waals surface area (Å²) in [7, 11) is 1.52. The first-order valence-corrected chi connectivity index (χ1v) is 7.68. The van der Waals surface area contributed by atoms with Gasteiger partial charge in [0.15, 0.2) is 0 Å². The number of nitrogens with zero attached hydrogens (tertiary/aromatic N) is 3. The fraction of sp³-hybridized carbons (Fsp3) is 0.500. The Morgan fingerprint density at radius 2 is 1.45 bits per heavy atom. The summed E-state index contributed by atoms with van der Waals surface area (Å²) < 4.78 is 0. The fourth-order valence-corrected chi connectivity index (χ4v) is 2.28. The highest BCUT2D eigenvalue weighted by atomic mass is 32.1. The summed E-state index contributed by atoms with van der Waals surface area (Å²) in [5.74, 6) is 0.0485. The molecule has 4 rings (SSSR count). The first-order chi connectivity index (χ1) is 10.5. The highest BCUT2D eigenvalue weighted by Gasteiger charge is 2.43. The van der Waals surface area contributed by atoms with Gasteiger partial charge in [0.05, 0.1) is 5.70 Å². The Morgan fingerprint density at radius 1 is 1.00 bits per heavy atom. The number of carbonyl (C=O) groups excluding carboxylic acids is 3. The maximum atomic E-state index is 12.4. The molecule has 3 aliphatic heterocycles. The van der Waals surface area contributed by atoms with Gasteiger partial charge < -0.3 is 20.0 Å². The number of nitrogens with one attached hydrogen (secondary N) is 1. The topological polar surface area (TPSA) is 72.3 Å². The molecule has 3 heterocycles. The van der Waals surface area contributed by atoms with Gasteiger partial charge in [0, 0.05) is 52.4 Å². The molecule has 0 radical (unpaired) electrons. The zero-order chi connectivity index (χ0) is 15.9. The predicted octanol–water partition coefficient (Wildman–Crippen LogP) is -0.564. The van der Waals surface area contributed by atoms with Crippen molar-refractivity contribution in [1.82, 2.24) is 20.0 Å². The SMILES string of the molecule is CNC(=O)S.O=C1C=C(N2CC2)C(=O)C(N2CC2)=C1N1CC1. The molecule has 118 valence electrons. The quantitative estimate of drug-likeness (QED) is 0.412. The molecule has 0 saturated carbocycles. The molecule has 0 aromatic heterocycles. The highest BCUT2D eigenvalue weighted by molar-refractivity contribution is 7.96. The molecular formula is C14H18N4O3S. The average molecular weight is 322 g/mol. The van der Waals surface area contributed by atoms with Gasteiger partial charge in [0.2, 0.25) is 11.6 Å². The van der Waals surface area contributed by atoms with Crippen molar-refractivity contribution in [2.45, 2.75) is 0 Å². The molecular weight excluding hydrogens is 304 g/mol. The molecule has 0 unspecified atom stereocenters. The number of Topliss-reactive ketones (excluding diaryl/α,β-unsaturated/α-hetero) is 1. The number of rotatable bonds is 3. The van der Waals surface area contributed by atoms with Crippen LogP contribution < -0.4 is 5.32 Å². The lowest BCUT2D eigenvalue weighted by atomic mass is 10.0. The van der Waals surface area contributed by atoms with E-state index in [-0.39, 0.29) is 16.8 Å². The van der Waals surface area contributed by atoms with Crippen LogP contribution in [-0.2, 0) is 9.59 Å². The van der Waals surface area contributed by atoms with E-state index in [9.17, 15) is 14.4 Å². The summed E-state index contributed by atoms with van der Waals surface area (Å²) in [6.07, 6.45) is 1.52. The number of ketones is 2. The second kappa shape index (κ2) is 5.68. The van der Waals surface area contributed by atoms with E-state index in [2.05, 4.69) is 17.9 Å². The summed E-state index contributed by atoms with van der Waals surface area (Å²) in [6, 6.07) is 0. The minimum atomic E-state index is -0.301. The Morgan fingerprint density at radius 3 is 1.86 bits per heavy atom. The molecule has 0 aromatic carbocycles. The van der Waals surface area contributed by atoms with E-state index in [1.54, 1.807) is 0 Å². The van der Waals surface area contributed by atoms with Crippen molar-refractivity contribution in [3.05, 3.63) is 23.2 Å². The zero-order valence-corrected chi connectivity index (χ0v) is 13.2. The van der Waals surface area contributed by atoms with E-state index in [4.69, 9.17) is 0 Å². The number of hydrogen-bond acceptors (Lipinski definition) is 6. The van der Waals surface area contributed by atoms with Crippen LogP contribution in [0.2, 0.25) is 0 Å². The van der Waals surface area contributed by atoms with Gasteiger partial charge in [-0.3, -0.25) is 14.4 Å². The van der Waals surface area contributed by atoms with Gasteiger partial charge in [-0.1, -0.05) is 12.6 Å². The monoisotopic (exact) mass is 322 g/mol. The molecule has 0 atom stereocenters. The second-order valence-electron chi connectivity index (χ2n) is 5.44. The van der Waals surface area contributed by atoms with Crippen molar-refractivity contribution in [3.8, 4) is 0 Å². The Kier molecular flexibility index (Phi) is 3.86. The maximum Gasteiger partial charge on any atom is 0.275 e. The molecule has 22 heavy (non-hydrogen) atoms. The molecule has 3 saturated heterocycles. The molecule has 7 nitrogen and oxygen atoms in total. The lowest BCUT2D eigenvalue weighted by Crippen LogP contribution is -2.29. The minimum absolute atomic E-state index is 0.00546. The minimum Gasteiger partial charge on any atom is -0.365 e. The molecule has 1 N–H and O–H groups in total. The highest BCUT2D eigenvalue weighted by Crippen LogP contribution is 2.33. The lowest BCUT2D eigenvalue weighted by Gasteiger charge is -2.21. The van der Waals surface area contributed by atoms with Crippen LogP contribution in [0.25, 0.3) is 0 Å². The molecule has 0 aromatic rings. The number of amides is 1. The van der Waals surface area contributed by atoms with Crippen LogP contribution in [0.1, 0.15) is 0 Å². The molecule has 1 amide bonds. The summed E-state index contributed by atoms with van der Waals surface area (Å²) in [5, 5.41) is 1.95. The van der Waals surface area contributed by atoms with Crippen LogP contribution in [0, 0.1) is 0 Å². The van der Waals surface area contributed by atoms with Gasteiger partial charge >= 0.3 is 0 Å². The van der Waals surface area contributed by atoms with Crippen LogP contribution in [-0.4, -0.2) is 77.8 Å². The number of carbonyl (C=O) groups is 3. The van der Waals surface area contributed by atoms with E-state index in [0.29, 0.717) is 17.1 Å². The van der Waals surface area contributed by atoms with Crippen LogP contribution in [0.15, 0.2) is 23.2 Å². The van der Waals surface area contributed by atoms with E-state index in [0.717, 1.165) is 39.3 Å². The van der Waals surface area contributed by atoms with Crippen molar-refractivity contribution < 1.29 is 14.4 Å². The third kappa shape index (κ3) is 3.11. The predicted molar refractivity (Wildman–Crippen MR) is 83.3 cm³/mol. The smallest absolute Gasteiger partial charge is 0.275 e. The first kappa shape index (κ1) is 15.0. The van der Waals surface area contributed by atoms with E-state index < -0.39 is 0 Å².